The van der Waals surface area contributed by atoms with Crippen LogP contribution in [0.4, 0.5) is 26.3 Å². The molecule has 1 rings (SSSR count). The van der Waals surface area contributed by atoms with Crippen LogP contribution in [-0.2, 0) is 12.4 Å². The van der Waals surface area contributed by atoms with Crippen molar-refractivity contribution in [2.45, 2.75) is 12.4 Å². The zero-order valence-corrected chi connectivity index (χ0v) is 10.7. The molecule has 0 aliphatic heterocycles. The summed E-state index contributed by atoms with van der Waals surface area (Å²) in [6, 6.07) is 1.67. The predicted octanol–water partition coefficient (Wildman–Crippen LogP) is 2.14. The summed E-state index contributed by atoms with van der Waals surface area (Å²) in [6.07, 6.45) is -9.49. The van der Waals surface area contributed by atoms with Crippen molar-refractivity contribution >= 4 is 35.9 Å². The molecule has 16 heavy (non-hydrogen) atoms. The first-order valence-electron chi connectivity index (χ1n) is 3.86. The number of alkyl halides is 6. The predicted molar refractivity (Wildman–Crippen MR) is 47.6 cm³/mol. The van der Waals surface area contributed by atoms with Crippen molar-refractivity contribution in [3.8, 4) is 0 Å². The molecule has 1 aromatic carbocycles. The number of hydrogen-bond donors (Lipinski definition) is 0. The second-order valence-electron chi connectivity index (χ2n) is 2.89. The van der Waals surface area contributed by atoms with E-state index in [4.69, 9.17) is 0 Å². The van der Waals surface area contributed by atoms with E-state index < -0.39 is 23.5 Å². The van der Waals surface area contributed by atoms with Gasteiger partial charge < -0.3 is 0 Å². The quantitative estimate of drug-likeness (QED) is 0.550. The molecule has 0 radical (unpaired) electrons. The van der Waals surface area contributed by atoms with Gasteiger partial charge in [0.25, 0.3) is 0 Å². The van der Waals surface area contributed by atoms with Gasteiger partial charge in [-0.05, 0) is 0 Å². The summed E-state index contributed by atoms with van der Waals surface area (Å²) in [5.41, 5.74) is -2.49. The van der Waals surface area contributed by atoms with Crippen molar-refractivity contribution < 1.29 is 26.3 Å². The van der Waals surface area contributed by atoms with Gasteiger partial charge in [-0.2, -0.15) is 0 Å². The Kier molecular flexibility index (Phi) is 4.21. The standard InChI is InChI=1S/C8H4F6Se.Mg/c9-7(10,11)4-1-5(8(12,13)14)3-6(15)2-4;/h1-3,15H;/q;+2/p-1. The molecule has 0 aromatic heterocycles. The van der Waals surface area contributed by atoms with Crippen LogP contribution in [0, 0.1) is 0 Å². The molecule has 0 unspecified atom stereocenters. The number of rotatable bonds is 1. The van der Waals surface area contributed by atoms with Crippen LogP contribution >= 0.6 is 0 Å². The number of benzene rings is 1. The monoisotopic (exact) mass is 317 g/mol. The zero-order valence-electron chi connectivity index (χ0n) is 7.62. The van der Waals surface area contributed by atoms with Gasteiger partial charge in [0, 0.05) is 0 Å². The molecule has 8 heteroatoms. The van der Waals surface area contributed by atoms with Gasteiger partial charge in [-0.3, -0.25) is 0 Å². The van der Waals surface area contributed by atoms with E-state index in [0.717, 1.165) is 12.1 Å². The Bertz CT molecular complexity index is 351. The summed E-state index contributed by atoms with van der Waals surface area (Å²) >= 11 is 0.974. The van der Waals surface area contributed by atoms with Crippen LogP contribution in [0.3, 0.4) is 0 Å². The summed E-state index contributed by atoms with van der Waals surface area (Å²) in [6.45, 7) is 0. The molecule has 0 saturated carbocycles. The van der Waals surface area contributed by atoms with Gasteiger partial charge in [-0.15, -0.1) is 0 Å². The topological polar surface area (TPSA) is 0 Å². The van der Waals surface area contributed by atoms with Crippen molar-refractivity contribution in [2.75, 3.05) is 0 Å². The second kappa shape index (κ2) is 4.76. The Morgan fingerprint density at radius 3 is 1.44 bits per heavy atom. The van der Waals surface area contributed by atoms with E-state index in [1.807, 2.05) is 0 Å². The minimum absolute atomic E-state index is 0.0907. The van der Waals surface area contributed by atoms with Crippen molar-refractivity contribution in [3.63, 3.8) is 0 Å². The van der Waals surface area contributed by atoms with E-state index in [-0.39, 0.29) is 22.4 Å². The first-order valence-corrected chi connectivity index (χ1v) is 8.93. The van der Waals surface area contributed by atoms with Gasteiger partial charge in [-0.25, -0.2) is 0 Å². The Balaban J connectivity index is 3.33. The Labute approximate surface area is 104 Å². The van der Waals surface area contributed by atoms with Gasteiger partial charge >= 0.3 is 104 Å². The Hall–Kier alpha value is 0.0857. The Morgan fingerprint density at radius 1 is 0.812 bits per heavy atom. The Morgan fingerprint density at radius 2 is 1.19 bits per heavy atom. The maximum absolute atomic E-state index is 12.3. The first-order chi connectivity index (χ1) is 7.14. The third-order valence-electron chi connectivity index (χ3n) is 1.73. The van der Waals surface area contributed by atoms with E-state index in [1.165, 1.54) is 19.5 Å². The molecule has 0 aliphatic carbocycles. The van der Waals surface area contributed by atoms with Crippen LogP contribution in [0.2, 0.25) is 0 Å². The van der Waals surface area contributed by atoms with Crippen molar-refractivity contribution in [1.29, 1.82) is 0 Å². The van der Waals surface area contributed by atoms with Gasteiger partial charge in [0.15, 0.2) is 0 Å². The molecular weight excluding hydrogens is 313 g/mol. The molecule has 0 spiro atoms. The second-order valence-corrected chi connectivity index (χ2v) is 5.98. The van der Waals surface area contributed by atoms with Crippen LogP contribution in [-0.4, -0.2) is 31.4 Å². The normalized spacial score (nSPS) is 13.0. The fraction of sp³-hybridized carbons (Fsp3) is 0.250. The number of halogens is 6. The van der Waals surface area contributed by atoms with E-state index >= 15 is 0 Å². The average Bonchev–Trinajstić information content (AvgIpc) is 2.14. The average molecular weight is 316 g/mol. The fourth-order valence-electron chi connectivity index (χ4n) is 1.01. The summed E-state index contributed by atoms with van der Waals surface area (Å²) < 4.78 is 74.0. The number of hydrogen-bond acceptors (Lipinski definition) is 0. The van der Waals surface area contributed by atoms with E-state index in [2.05, 4.69) is 0 Å². The summed E-state index contributed by atoms with van der Waals surface area (Å²) in [5.74, 6) is 0. The molecule has 1 aromatic rings. The van der Waals surface area contributed by atoms with Gasteiger partial charge in [0.05, 0.1) is 0 Å². The van der Waals surface area contributed by atoms with Crippen LogP contribution in [0.25, 0.3) is 0 Å². The molecule has 0 nitrogen and oxygen atoms in total. The molecule has 84 valence electrons. The first kappa shape index (κ1) is 14.1. The summed E-state index contributed by atoms with van der Waals surface area (Å²) in [7, 11) is 0. The molecule has 0 N–H and O–H groups in total. The molecule has 0 fully saturated rings. The van der Waals surface area contributed by atoms with Crippen molar-refractivity contribution in [3.05, 3.63) is 29.3 Å². The zero-order chi connectivity index (χ0) is 12.6. The molecule has 0 atom stereocenters. The molecule has 0 amide bonds. The summed E-state index contributed by atoms with van der Waals surface area (Å²) in [4.78, 5) is 0. The fourth-order valence-corrected chi connectivity index (χ4v) is 2.76. The van der Waals surface area contributed by atoms with E-state index in [0.29, 0.717) is 0 Å². The van der Waals surface area contributed by atoms with Crippen molar-refractivity contribution in [1.82, 2.24) is 0 Å². The van der Waals surface area contributed by atoms with Crippen LogP contribution in [0.5, 0.6) is 0 Å². The van der Waals surface area contributed by atoms with Crippen LogP contribution in [0.1, 0.15) is 11.1 Å². The molecule has 0 heterocycles. The molecule has 0 saturated heterocycles. The van der Waals surface area contributed by atoms with Gasteiger partial charge in [0.1, 0.15) is 0 Å². The third kappa shape index (κ3) is 3.54. The van der Waals surface area contributed by atoms with Crippen molar-refractivity contribution in [2.24, 2.45) is 0 Å². The SMILES string of the molecule is FC(F)(F)c1cc([Se][Mg+])cc(C(F)(F)F)c1. The van der Waals surface area contributed by atoms with E-state index in [1.54, 1.807) is 0 Å². The molecule has 0 bridgehead atoms. The van der Waals surface area contributed by atoms with E-state index in [9.17, 15) is 26.3 Å². The minimum atomic E-state index is -4.75. The third-order valence-corrected chi connectivity index (χ3v) is 4.65. The molecular formula is C8H3F6MgSe+. The molecule has 0 aliphatic rings. The van der Waals surface area contributed by atoms with Crippen LogP contribution in [0.15, 0.2) is 18.2 Å². The maximum atomic E-state index is 12.3. The van der Waals surface area contributed by atoms with Gasteiger partial charge in [-0.1, -0.05) is 0 Å². The van der Waals surface area contributed by atoms with Crippen LogP contribution < -0.4 is 4.46 Å². The summed E-state index contributed by atoms with van der Waals surface area (Å²) in [5, 5.41) is 0. The van der Waals surface area contributed by atoms with Gasteiger partial charge in [0.2, 0.25) is 0 Å².